The molecule has 1 heterocycles. The van der Waals surface area contributed by atoms with Crippen molar-refractivity contribution < 1.29 is 4.74 Å². The Hall–Kier alpha value is -1.83. The largest absolute Gasteiger partial charge is 0.380 e. The molecule has 0 saturated heterocycles. The molecule has 0 unspecified atom stereocenters. The van der Waals surface area contributed by atoms with Crippen molar-refractivity contribution in [1.29, 1.82) is 5.26 Å². The van der Waals surface area contributed by atoms with Gasteiger partial charge in [0.2, 0.25) is 0 Å². The highest BCUT2D eigenvalue weighted by molar-refractivity contribution is 5.81. The monoisotopic (exact) mass is 285 g/mol. The second-order valence-corrected chi connectivity index (χ2v) is 5.11. The first kappa shape index (κ1) is 15.6. The molecule has 0 aliphatic rings. The summed E-state index contributed by atoms with van der Waals surface area (Å²) in [5.41, 5.74) is 1.83. The van der Waals surface area contributed by atoms with E-state index < -0.39 is 0 Å². The quantitative estimate of drug-likeness (QED) is 0.721. The highest BCUT2D eigenvalue weighted by Gasteiger charge is 2.02. The number of nitrogens with one attached hydrogen (secondary N) is 1. The van der Waals surface area contributed by atoms with Crippen LogP contribution in [0, 0.1) is 11.3 Å². The standard InChI is InChI=1S/C17H23N3O/c1-2-3-11-21-12-8-19-7-10-20-9-6-16-5-4-15(14-18)13-17(16)20/h4-6,9,13,19H,2-3,7-8,10-12H2,1H3. The minimum atomic E-state index is 0.708. The third kappa shape index (κ3) is 4.59. The fourth-order valence-electron chi connectivity index (χ4n) is 2.27. The van der Waals surface area contributed by atoms with Crippen molar-refractivity contribution >= 4 is 10.9 Å². The number of benzene rings is 1. The summed E-state index contributed by atoms with van der Waals surface area (Å²) in [6, 6.07) is 10.1. The van der Waals surface area contributed by atoms with Crippen LogP contribution in [0.2, 0.25) is 0 Å². The lowest BCUT2D eigenvalue weighted by atomic mass is 10.2. The van der Waals surface area contributed by atoms with Gasteiger partial charge in [0.05, 0.1) is 18.2 Å². The predicted octanol–water partition coefficient (Wildman–Crippen LogP) is 2.92. The number of hydrogen-bond donors (Lipinski definition) is 1. The molecule has 1 N–H and O–H groups in total. The normalized spacial score (nSPS) is 10.9. The molecule has 0 atom stereocenters. The van der Waals surface area contributed by atoms with Crippen LogP contribution in [0.3, 0.4) is 0 Å². The molecule has 2 rings (SSSR count). The number of aromatic nitrogens is 1. The summed E-state index contributed by atoms with van der Waals surface area (Å²) in [5, 5.41) is 13.5. The van der Waals surface area contributed by atoms with Gasteiger partial charge in [-0.1, -0.05) is 19.4 Å². The lowest BCUT2D eigenvalue weighted by Gasteiger charge is -2.08. The third-order valence-electron chi connectivity index (χ3n) is 3.50. The number of hydrogen-bond acceptors (Lipinski definition) is 3. The second kappa shape index (κ2) is 8.46. The summed E-state index contributed by atoms with van der Waals surface area (Å²) in [7, 11) is 0. The highest BCUT2D eigenvalue weighted by Crippen LogP contribution is 2.17. The van der Waals surface area contributed by atoms with Gasteiger partial charge in [-0.3, -0.25) is 0 Å². The maximum atomic E-state index is 8.97. The number of fused-ring (bicyclic) bond motifs is 1. The minimum Gasteiger partial charge on any atom is -0.380 e. The van der Waals surface area contributed by atoms with E-state index >= 15 is 0 Å². The van der Waals surface area contributed by atoms with Crippen molar-refractivity contribution in [2.45, 2.75) is 26.3 Å². The van der Waals surface area contributed by atoms with Gasteiger partial charge in [0.1, 0.15) is 0 Å². The Bertz CT molecular complexity index is 598. The van der Waals surface area contributed by atoms with Crippen LogP contribution in [0.1, 0.15) is 25.3 Å². The van der Waals surface area contributed by atoms with Crippen molar-refractivity contribution in [2.75, 3.05) is 26.3 Å². The van der Waals surface area contributed by atoms with Gasteiger partial charge in [-0.05, 0) is 30.0 Å². The Kier molecular flexibility index (Phi) is 6.26. The molecule has 0 amide bonds. The number of nitrogens with zero attached hydrogens (tertiary/aromatic N) is 2. The molecule has 0 aliphatic heterocycles. The summed E-state index contributed by atoms with van der Waals surface area (Å²) in [5.74, 6) is 0. The Morgan fingerprint density at radius 3 is 2.95 bits per heavy atom. The van der Waals surface area contributed by atoms with Crippen LogP contribution in [-0.4, -0.2) is 30.9 Å². The number of nitriles is 1. The van der Waals surface area contributed by atoms with Gasteiger partial charge in [-0.2, -0.15) is 5.26 Å². The SMILES string of the molecule is CCCCOCCNCCn1ccc2ccc(C#N)cc21. The van der Waals surface area contributed by atoms with E-state index in [9.17, 15) is 0 Å². The fraction of sp³-hybridized carbons (Fsp3) is 0.471. The van der Waals surface area contributed by atoms with Gasteiger partial charge in [-0.15, -0.1) is 0 Å². The van der Waals surface area contributed by atoms with Gasteiger partial charge >= 0.3 is 0 Å². The Morgan fingerprint density at radius 2 is 2.14 bits per heavy atom. The average molecular weight is 285 g/mol. The predicted molar refractivity (Wildman–Crippen MR) is 85.2 cm³/mol. The lowest BCUT2D eigenvalue weighted by molar-refractivity contribution is 0.133. The van der Waals surface area contributed by atoms with Crippen LogP contribution in [0.25, 0.3) is 10.9 Å². The summed E-state index contributed by atoms with van der Waals surface area (Å²) in [4.78, 5) is 0. The van der Waals surface area contributed by atoms with Crippen molar-refractivity contribution in [3.63, 3.8) is 0 Å². The zero-order chi connectivity index (χ0) is 14.9. The molecule has 112 valence electrons. The summed E-state index contributed by atoms with van der Waals surface area (Å²) < 4.78 is 7.69. The third-order valence-corrected chi connectivity index (χ3v) is 3.50. The van der Waals surface area contributed by atoms with E-state index in [4.69, 9.17) is 10.00 Å². The summed E-state index contributed by atoms with van der Waals surface area (Å²) >= 11 is 0. The van der Waals surface area contributed by atoms with E-state index in [0.717, 1.165) is 44.8 Å². The Labute approximate surface area is 126 Å². The first-order valence-corrected chi connectivity index (χ1v) is 7.62. The molecule has 0 saturated carbocycles. The molecular weight excluding hydrogens is 262 g/mol. The first-order valence-electron chi connectivity index (χ1n) is 7.62. The smallest absolute Gasteiger partial charge is 0.0992 e. The molecule has 0 radical (unpaired) electrons. The molecule has 2 aromatic rings. The van der Waals surface area contributed by atoms with Gasteiger partial charge < -0.3 is 14.6 Å². The Balaban J connectivity index is 1.75. The molecule has 0 aliphatic carbocycles. The molecule has 0 fully saturated rings. The van der Waals surface area contributed by atoms with Gasteiger partial charge in [0.25, 0.3) is 0 Å². The van der Waals surface area contributed by atoms with E-state index in [1.807, 2.05) is 18.2 Å². The van der Waals surface area contributed by atoms with Gasteiger partial charge in [0, 0.05) is 38.0 Å². The zero-order valence-corrected chi connectivity index (χ0v) is 12.6. The first-order chi connectivity index (χ1) is 10.3. The van der Waals surface area contributed by atoms with Crippen LogP contribution in [0.5, 0.6) is 0 Å². The summed E-state index contributed by atoms with van der Waals surface area (Å²) in [6.45, 7) is 6.47. The lowest BCUT2D eigenvalue weighted by Crippen LogP contribution is -2.24. The van der Waals surface area contributed by atoms with E-state index in [1.165, 1.54) is 11.8 Å². The van der Waals surface area contributed by atoms with Crippen LogP contribution >= 0.6 is 0 Å². The van der Waals surface area contributed by atoms with Crippen LogP contribution in [0.4, 0.5) is 0 Å². The number of rotatable bonds is 9. The van der Waals surface area contributed by atoms with Crippen molar-refractivity contribution in [3.05, 3.63) is 36.0 Å². The highest BCUT2D eigenvalue weighted by atomic mass is 16.5. The molecule has 21 heavy (non-hydrogen) atoms. The van der Waals surface area contributed by atoms with Crippen molar-refractivity contribution in [1.82, 2.24) is 9.88 Å². The number of unbranched alkanes of at least 4 members (excludes halogenated alkanes) is 1. The number of ether oxygens (including phenoxy) is 1. The molecule has 0 bridgehead atoms. The maximum Gasteiger partial charge on any atom is 0.0992 e. The van der Waals surface area contributed by atoms with Crippen molar-refractivity contribution in [2.24, 2.45) is 0 Å². The van der Waals surface area contributed by atoms with E-state index in [-0.39, 0.29) is 0 Å². The topological polar surface area (TPSA) is 50.0 Å². The Morgan fingerprint density at radius 1 is 1.24 bits per heavy atom. The maximum absolute atomic E-state index is 8.97. The molecule has 0 spiro atoms. The van der Waals surface area contributed by atoms with Crippen LogP contribution in [-0.2, 0) is 11.3 Å². The minimum absolute atomic E-state index is 0.708. The van der Waals surface area contributed by atoms with E-state index in [1.54, 1.807) is 0 Å². The summed E-state index contributed by atoms with van der Waals surface area (Å²) in [6.07, 6.45) is 4.39. The fourth-order valence-corrected chi connectivity index (χ4v) is 2.27. The van der Waals surface area contributed by atoms with Gasteiger partial charge in [0.15, 0.2) is 0 Å². The van der Waals surface area contributed by atoms with Crippen molar-refractivity contribution in [3.8, 4) is 6.07 Å². The van der Waals surface area contributed by atoms with Crippen LogP contribution in [0.15, 0.2) is 30.5 Å². The van der Waals surface area contributed by atoms with E-state index in [2.05, 4.69) is 35.1 Å². The molecular formula is C17H23N3O. The molecule has 4 nitrogen and oxygen atoms in total. The molecule has 1 aromatic heterocycles. The average Bonchev–Trinajstić information content (AvgIpc) is 2.92. The molecule has 1 aromatic carbocycles. The zero-order valence-electron chi connectivity index (χ0n) is 12.6. The molecule has 4 heteroatoms. The second-order valence-electron chi connectivity index (χ2n) is 5.11. The van der Waals surface area contributed by atoms with Crippen LogP contribution < -0.4 is 5.32 Å². The van der Waals surface area contributed by atoms with Gasteiger partial charge in [-0.25, -0.2) is 0 Å². The van der Waals surface area contributed by atoms with E-state index in [0.29, 0.717) is 5.56 Å².